The first-order chi connectivity index (χ1) is 8.70. The lowest BCUT2D eigenvalue weighted by molar-refractivity contribution is 0.0926. The molecule has 4 N–H and O–H groups in total. The van der Waals surface area contributed by atoms with Gasteiger partial charge in [-0.25, -0.2) is 0 Å². The zero-order valence-electron chi connectivity index (χ0n) is 9.98. The zero-order chi connectivity index (χ0) is 13.0. The van der Waals surface area contributed by atoms with Gasteiger partial charge in [0.25, 0.3) is 5.91 Å². The molecular formula is C13H16N2O3. The average molecular weight is 248 g/mol. The van der Waals surface area contributed by atoms with Crippen molar-refractivity contribution in [3.05, 3.63) is 30.0 Å². The molecule has 0 aliphatic heterocycles. The number of hydrogen-bond donors (Lipinski definition) is 3. The molecule has 5 nitrogen and oxygen atoms in total. The van der Waals surface area contributed by atoms with Crippen LogP contribution in [0.1, 0.15) is 23.4 Å². The summed E-state index contributed by atoms with van der Waals surface area (Å²) in [5, 5.41) is 12.2. The van der Waals surface area contributed by atoms with E-state index in [0.717, 1.165) is 11.8 Å². The monoisotopic (exact) mass is 248 g/mol. The number of aliphatic hydroxyl groups is 1. The quantitative estimate of drug-likeness (QED) is 0.553. The van der Waals surface area contributed by atoms with E-state index in [9.17, 15) is 4.79 Å². The van der Waals surface area contributed by atoms with Crippen molar-refractivity contribution in [2.45, 2.75) is 12.8 Å². The number of rotatable bonds is 5. The van der Waals surface area contributed by atoms with Crippen LogP contribution in [0.2, 0.25) is 0 Å². The Morgan fingerprint density at radius 2 is 2.17 bits per heavy atom. The minimum absolute atomic E-state index is 0.139. The van der Waals surface area contributed by atoms with E-state index >= 15 is 0 Å². The first kappa shape index (κ1) is 12.4. The van der Waals surface area contributed by atoms with Crippen molar-refractivity contribution in [1.82, 2.24) is 5.32 Å². The first-order valence-corrected chi connectivity index (χ1v) is 5.89. The van der Waals surface area contributed by atoms with Gasteiger partial charge in [0.05, 0.1) is 0 Å². The fourth-order valence-corrected chi connectivity index (χ4v) is 1.70. The molecule has 0 aliphatic carbocycles. The second-order valence-electron chi connectivity index (χ2n) is 4.09. The molecule has 0 aliphatic rings. The summed E-state index contributed by atoms with van der Waals surface area (Å²) < 4.78 is 5.42. The third-order valence-corrected chi connectivity index (χ3v) is 2.63. The van der Waals surface area contributed by atoms with Crippen LogP contribution in [0.5, 0.6) is 0 Å². The summed E-state index contributed by atoms with van der Waals surface area (Å²) in [5.41, 5.74) is 6.94. The molecule has 0 fully saturated rings. The smallest absolute Gasteiger partial charge is 0.287 e. The van der Waals surface area contributed by atoms with Crippen LogP contribution < -0.4 is 11.1 Å². The van der Waals surface area contributed by atoms with Crippen molar-refractivity contribution in [2.24, 2.45) is 0 Å². The standard InChI is InChI=1S/C13H16N2O3/c14-10-3-4-11-9(7-10)8-12(18-11)13(17)15-5-1-2-6-16/h3-4,7-8,16H,1-2,5-6,14H2,(H,15,17). The predicted molar refractivity (Wildman–Crippen MR) is 69.3 cm³/mol. The summed E-state index contributed by atoms with van der Waals surface area (Å²) in [4.78, 5) is 11.8. The highest BCUT2D eigenvalue weighted by atomic mass is 16.3. The van der Waals surface area contributed by atoms with Crippen molar-refractivity contribution in [3.8, 4) is 0 Å². The predicted octanol–water partition coefficient (Wildman–Crippen LogP) is 1.52. The molecule has 0 unspecified atom stereocenters. The van der Waals surface area contributed by atoms with E-state index in [1.54, 1.807) is 24.3 Å². The molecule has 0 saturated carbocycles. The van der Waals surface area contributed by atoms with Crippen molar-refractivity contribution in [2.75, 3.05) is 18.9 Å². The Morgan fingerprint density at radius 1 is 1.33 bits per heavy atom. The van der Waals surface area contributed by atoms with E-state index in [0.29, 0.717) is 24.2 Å². The summed E-state index contributed by atoms with van der Waals surface area (Å²) in [5.74, 6) is 0.0299. The summed E-state index contributed by atoms with van der Waals surface area (Å²) in [6.07, 6.45) is 1.42. The highest BCUT2D eigenvalue weighted by Gasteiger charge is 2.11. The number of unbranched alkanes of at least 4 members (excludes halogenated alkanes) is 1. The number of nitrogens with two attached hydrogens (primary N) is 1. The lowest BCUT2D eigenvalue weighted by Gasteiger charge is -2.01. The van der Waals surface area contributed by atoms with Gasteiger partial charge in [-0.15, -0.1) is 0 Å². The summed E-state index contributed by atoms with van der Waals surface area (Å²) >= 11 is 0. The van der Waals surface area contributed by atoms with Crippen LogP contribution in [-0.4, -0.2) is 24.2 Å². The molecule has 0 spiro atoms. The number of hydrogen-bond acceptors (Lipinski definition) is 4. The van der Waals surface area contributed by atoms with E-state index in [2.05, 4.69) is 5.32 Å². The molecule has 5 heteroatoms. The van der Waals surface area contributed by atoms with Gasteiger partial charge in [-0.1, -0.05) is 0 Å². The second kappa shape index (κ2) is 5.55. The maximum Gasteiger partial charge on any atom is 0.287 e. The van der Waals surface area contributed by atoms with Gasteiger partial charge in [-0.3, -0.25) is 4.79 Å². The lowest BCUT2D eigenvalue weighted by Crippen LogP contribution is -2.24. The van der Waals surface area contributed by atoms with Gasteiger partial charge in [-0.05, 0) is 37.1 Å². The second-order valence-corrected chi connectivity index (χ2v) is 4.09. The molecule has 0 radical (unpaired) electrons. The number of furan rings is 1. The van der Waals surface area contributed by atoms with Gasteiger partial charge < -0.3 is 20.6 Å². The molecule has 0 atom stereocenters. The Hall–Kier alpha value is -2.01. The van der Waals surface area contributed by atoms with Crippen LogP contribution in [0.15, 0.2) is 28.7 Å². The van der Waals surface area contributed by atoms with Crippen LogP contribution in [0.25, 0.3) is 11.0 Å². The fraction of sp³-hybridized carbons (Fsp3) is 0.308. The molecule has 96 valence electrons. The van der Waals surface area contributed by atoms with Crippen LogP contribution in [0.4, 0.5) is 5.69 Å². The number of amides is 1. The SMILES string of the molecule is Nc1ccc2oc(C(=O)NCCCCO)cc2c1. The molecule has 2 aromatic rings. The van der Waals surface area contributed by atoms with Crippen molar-refractivity contribution in [1.29, 1.82) is 0 Å². The first-order valence-electron chi connectivity index (χ1n) is 5.89. The summed E-state index contributed by atoms with van der Waals surface area (Å²) in [6, 6.07) is 6.91. The van der Waals surface area contributed by atoms with Gasteiger partial charge >= 0.3 is 0 Å². The van der Waals surface area contributed by atoms with Crippen LogP contribution in [-0.2, 0) is 0 Å². The number of nitrogen functional groups attached to an aromatic ring is 1. The molecular weight excluding hydrogens is 232 g/mol. The van der Waals surface area contributed by atoms with Gasteiger partial charge in [0.2, 0.25) is 0 Å². The Labute approximate surface area is 105 Å². The van der Waals surface area contributed by atoms with E-state index in [1.807, 2.05) is 0 Å². The molecule has 18 heavy (non-hydrogen) atoms. The normalized spacial score (nSPS) is 10.7. The Kier molecular flexibility index (Phi) is 3.84. The highest BCUT2D eigenvalue weighted by molar-refractivity contribution is 5.96. The number of nitrogens with one attached hydrogen (secondary N) is 1. The maximum absolute atomic E-state index is 11.8. The molecule has 1 aromatic heterocycles. The molecule has 2 rings (SSSR count). The fourth-order valence-electron chi connectivity index (χ4n) is 1.70. The molecule has 1 amide bonds. The molecule has 0 saturated heterocycles. The van der Waals surface area contributed by atoms with Gasteiger partial charge in [0.1, 0.15) is 5.58 Å². The summed E-state index contributed by atoms with van der Waals surface area (Å²) in [6.45, 7) is 0.665. The third kappa shape index (κ3) is 2.81. The van der Waals surface area contributed by atoms with E-state index in [4.69, 9.17) is 15.3 Å². The van der Waals surface area contributed by atoms with Crippen molar-refractivity contribution >= 4 is 22.6 Å². The number of aliphatic hydroxyl groups excluding tert-OH is 1. The Balaban J connectivity index is 2.04. The number of carbonyl (C=O) groups excluding carboxylic acids is 1. The van der Waals surface area contributed by atoms with Gasteiger partial charge in [-0.2, -0.15) is 0 Å². The number of carbonyl (C=O) groups is 1. The molecule has 0 bridgehead atoms. The van der Waals surface area contributed by atoms with Crippen LogP contribution in [0, 0.1) is 0 Å². The Morgan fingerprint density at radius 3 is 2.94 bits per heavy atom. The molecule has 1 heterocycles. The highest BCUT2D eigenvalue weighted by Crippen LogP contribution is 2.21. The number of benzene rings is 1. The lowest BCUT2D eigenvalue weighted by atomic mass is 10.2. The van der Waals surface area contributed by atoms with Gasteiger partial charge in [0, 0.05) is 24.2 Å². The van der Waals surface area contributed by atoms with E-state index in [1.165, 1.54) is 0 Å². The number of anilines is 1. The van der Waals surface area contributed by atoms with Crippen molar-refractivity contribution in [3.63, 3.8) is 0 Å². The number of fused-ring (bicyclic) bond motifs is 1. The maximum atomic E-state index is 11.8. The Bertz CT molecular complexity index is 548. The van der Waals surface area contributed by atoms with Crippen LogP contribution in [0.3, 0.4) is 0 Å². The summed E-state index contributed by atoms with van der Waals surface area (Å²) in [7, 11) is 0. The zero-order valence-corrected chi connectivity index (χ0v) is 9.98. The van der Waals surface area contributed by atoms with Gasteiger partial charge in [0.15, 0.2) is 5.76 Å². The topological polar surface area (TPSA) is 88.5 Å². The largest absolute Gasteiger partial charge is 0.451 e. The van der Waals surface area contributed by atoms with E-state index < -0.39 is 0 Å². The minimum atomic E-state index is -0.247. The van der Waals surface area contributed by atoms with Crippen LogP contribution >= 0.6 is 0 Å². The average Bonchev–Trinajstić information content (AvgIpc) is 2.77. The molecule has 1 aromatic carbocycles. The van der Waals surface area contributed by atoms with E-state index in [-0.39, 0.29) is 18.3 Å². The van der Waals surface area contributed by atoms with Crippen molar-refractivity contribution < 1.29 is 14.3 Å². The third-order valence-electron chi connectivity index (χ3n) is 2.63. The minimum Gasteiger partial charge on any atom is -0.451 e.